The van der Waals surface area contributed by atoms with Crippen molar-refractivity contribution in [3.05, 3.63) is 53.7 Å². The highest BCUT2D eigenvalue weighted by molar-refractivity contribution is 5.94. The zero-order valence-corrected chi connectivity index (χ0v) is 12.2. The number of benzene rings is 1. The molecule has 2 aliphatic rings. The molecule has 2 aliphatic heterocycles. The lowest BCUT2D eigenvalue weighted by Gasteiger charge is -2.42. The second-order valence-electron chi connectivity index (χ2n) is 5.80. The third-order valence-corrected chi connectivity index (χ3v) is 4.55. The number of hydrogen-bond acceptors (Lipinski definition) is 3. The minimum absolute atomic E-state index is 0.0735. The van der Waals surface area contributed by atoms with Gasteiger partial charge in [-0.3, -0.25) is 4.79 Å². The maximum atomic E-state index is 13.7. The van der Waals surface area contributed by atoms with Gasteiger partial charge in [0.1, 0.15) is 17.6 Å². The summed E-state index contributed by atoms with van der Waals surface area (Å²) < 4.78 is 25.1. The molecule has 0 N–H and O–H groups in total. The molecule has 0 saturated carbocycles. The van der Waals surface area contributed by atoms with Gasteiger partial charge in [-0.2, -0.15) is 0 Å². The molecule has 0 aliphatic carbocycles. The van der Waals surface area contributed by atoms with Crippen LogP contribution in [0.2, 0.25) is 0 Å². The van der Waals surface area contributed by atoms with Gasteiger partial charge >= 0.3 is 0 Å². The summed E-state index contributed by atoms with van der Waals surface area (Å²) in [6.45, 7) is 2.13. The molecule has 2 aromatic rings. The zero-order valence-electron chi connectivity index (χ0n) is 12.2. The standard InChI is InChI=1S/C17H16FNO3/c1-10(20)19-14-5-4-11(18)9-13(14)17-12(6-8-22-17)16(19)15-3-2-7-21-15/h2-5,7,9,12,16-17H,6,8H2,1H3/t12-,16+,17-/m0/s1. The van der Waals surface area contributed by atoms with Gasteiger partial charge < -0.3 is 14.1 Å². The Morgan fingerprint density at radius 2 is 2.23 bits per heavy atom. The van der Waals surface area contributed by atoms with Crippen LogP contribution in [0.1, 0.15) is 36.8 Å². The van der Waals surface area contributed by atoms with Crippen molar-refractivity contribution in [1.82, 2.24) is 0 Å². The zero-order chi connectivity index (χ0) is 15.3. The molecule has 1 aromatic carbocycles. The maximum absolute atomic E-state index is 13.7. The highest BCUT2D eigenvalue weighted by Gasteiger charge is 2.47. The van der Waals surface area contributed by atoms with E-state index in [1.807, 2.05) is 12.1 Å². The van der Waals surface area contributed by atoms with Crippen LogP contribution in [0.25, 0.3) is 0 Å². The molecule has 114 valence electrons. The largest absolute Gasteiger partial charge is 0.467 e. The Hall–Kier alpha value is -2.14. The number of nitrogens with zero attached hydrogens (tertiary/aromatic N) is 1. The summed E-state index contributed by atoms with van der Waals surface area (Å²) in [5.41, 5.74) is 1.46. The molecule has 3 atom stereocenters. The highest BCUT2D eigenvalue weighted by Crippen LogP contribution is 2.53. The number of carbonyl (C=O) groups excluding carboxylic acids is 1. The quantitative estimate of drug-likeness (QED) is 0.808. The van der Waals surface area contributed by atoms with Gasteiger partial charge in [0.15, 0.2) is 0 Å². The van der Waals surface area contributed by atoms with E-state index in [4.69, 9.17) is 9.15 Å². The normalized spacial score (nSPS) is 26.6. The van der Waals surface area contributed by atoms with Gasteiger partial charge in [-0.05, 0) is 36.8 Å². The molecule has 4 nitrogen and oxygen atoms in total. The maximum Gasteiger partial charge on any atom is 0.224 e. The Balaban J connectivity index is 1.92. The molecule has 0 unspecified atom stereocenters. The van der Waals surface area contributed by atoms with Crippen molar-refractivity contribution in [2.45, 2.75) is 25.5 Å². The van der Waals surface area contributed by atoms with Crippen molar-refractivity contribution in [3.63, 3.8) is 0 Å². The van der Waals surface area contributed by atoms with Gasteiger partial charge in [0, 0.05) is 25.0 Å². The summed E-state index contributed by atoms with van der Waals surface area (Å²) in [6, 6.07) is 8.00. The van der Waals surface area contributed by atoms with Gasteiger partial charge in [0.2, 0.25) is 5.91 Å². The van der Waals surface area contributed by atoms with Crippen molar-refractivity contribution >= 4 is 11.6 Å². The van der Waals surface area contributed by atoms with Crippen LogP contribution in [0, 0.1) is 11.7 Å². The van der Waals surface area contributed by atoms with Crippen molar-refractivity contribution in [2.75, 3.05) is 11.5 Å². The van der Waals surface area contributed by atoms with Crippen molar-refractivity contribution in [1.29, 1.82) is 0 Å². The number of amides is 1. The van der Waals surface area contributed by atoms with E-state index < -0.39 is 0 Å². The minimum atomic E-state index is -0.312. The van der Waals surface area contributed by atoms with Crippen LogP contribution in [-0.4, -0.2) is 12.5 Å². The summed E-state index contributed by atoms with van der Waals surface area (Å²) in [7, 11) is 0. The summed E-state index contributed by atoms with van der Waals surface area (Å²) in [6.07, 6.45) is 2.23. The molecule has 0 bridgehead atoms. The Bertz CT molecular complexity index is 713. The van der Waals surface area contributed by atoms with Gasteiger partial charge in [-0.25, -0.2) is 4.39 Å². The van der Waals surface area contributed by atoms with E-state index in [9.17, 15) is 9.18 Å². The number of rotatable bonds is 1. The number of halogens is 1. The van der Waals surface area contributed by atoms with Gasteiger partial charge in [-0.15, -0.1) is 0 Å². The van der Waals surface area contributed by atoms with Crippen LogP contribution in [0.4, 0.5) is 10.1 Å². The second kappa shape index (κ2) is 4.95. The first-order valence-corrected chi connectivity index (χ1v) is 7.41. The molecule has 0 spiro atoms. The van der Waals surface area contributed by atoms with Crippen molar-refractivity contribution in [3.8, 4) is 0 Å². The fourth-order valence-electron chi connectivity index (χ4n) is 3.73. The first-order valence-electron chi connectivity index (χ1n) is 7.41. The number of hydrogen-bond donors (Lipinski definition) is 0. The topological polar surface area (TPSA) is 42.7 Å². The van der Waals surface area contributed by atoms with Crippen LogP contribution in [-0.2, 0) is 9.53 Å². The van der Waals surface area contributed by atoms with E-state index in [1.54, 1.807) is 17.2 Å². The second-order valence-corrected chi connectivity index (χ2v) is 5.80. The summed E-state index contributed by atoms with van der Waals surface area (Å²) in [5.74, 6) is 0.419. The lowest BCUT2D eigenvalue weighted by molar-refractivity contribution is -0.117. The fourth-order valence-corrected chi connectivity index (χ4v) is 3.73. The summed E-state index contributed by atoms with van der Waals surface area (Å²) in [4.78, 5) is 14.0. The molecule has 22 heavy (non-hydrogen) atoms. The molecular weight excluding hydrogens is 285 g/mol. The number of furan rings is 1. The molecule has 1 aromatic heterocycles. The Morgan fingerprint density at radius 1 is 1.36 bits per heavy atom. The average molecular weight is 301 g/mol. The van der Waals surface area contributed by atoms with Crippen LogP contribution >= 0.6 is 0 Å². The number of ether oxygens (including phenoxy) is 1. The smallest absolute Gasteiger partial charge is 0.224 e. The Kier molecular flexibility index (Phi) is 3.04. The first-order chi connectivity index (χ1) is 10.7. The van der Waals surface area contributed by atoms with E-state index in [2.05, 4.69) is 0 Å². The molecule has 1 fully saturated rings. The van der Waals surface area contributed by atoms with Gasteiger partial charge in [0.05, 0.1) is 18.1 Å². The van der Waals surface area contributed by atoms with Crippen molar-refractivity contribution < 1.29 is 18.3 Å². The van der Waals surface area contributed by atoms with E-state index in [1.165, 1.54) is 19.1 Å². The van der Waals surface area contributed by atoms with Gasteiger partial charge in [0.25, 0.3) is 0 Å². The Labute approximate surface area is 127 Å². The van der Waals surface area contributed by atoms with E-state index >= 15 is 0 Å². The fraction of sp³-hybridized carbons (Fsp3) is 0.353. The lowest BCUT2D eigenvalue weighted by Crippen LogP contribution is -2.42. The molecule has 3 heterocycles. The predicted molar refractivity (Wildman–Crippen MR) is 77.8 cm³/mol. The van der Waals surface area contributed by atoms with Crippen LogP contribution < -0.4 is 4.90 Å². The monoisotopic (exact) mass is 301 g/mol. The van der Waals surface area contributed by atoms with E-state index in [-0.39, 0.29) is 29.8 Å². The molecule has 1 saturated heterocycles. The number of anilines is 1. The molecule has 5 heteroatoms. The lowest BCUT2D eigenvalue weighted by atomic mass is 9.81. The SMILES string of the molecule is CC(=O)N1c2ccc(F)cc2[C@H]2OCC[C@H]2[C@@H]1c1ccco1. The number of carbonyl (C=O) groups is 1. The minimum Gasteiger partial charge on any atom is -0.467 e. The molecule has 0 radical (unpaired) electrons. The predicted octanol–water partition coefficient (Wildman–Crippen LogP) is 3.60. The summed E-state index contributed by atoms with van der Waals surface area (Å²) >= 11 is 0. The third-order valence-electron chi connectivity index (χ3n) is 4.55. The number of fused-ring (bicyclic) bond motifs is 3. The Morgan fingerprint density at radius 3 is 2.95 bits per heavy atom. The average Bonchev–Trinajstić information content (AvgIpc) is 3.17. The van der Waals surface area contributed by atoms with Gasteiger partial charge in [-0.1, -0.05) is 0 Å². The van der Waals surface area contributed by atoms with E-state index in [0.29, 0.717) is 12.3 Å². The molecule has 4 rings (SSSR count). The highest BCUT2D eigenvalue weighted by atomic mass is 19.1. The molecular formula is C17H16FNO3. The van der Waals surface area contributed by atoms with E-state index in [0.717, 1.165) is 17.7 Å². The third kappa shape index (κ3) is 1.89. The van der Waals surface area contributed by atoms with Crippen LogP contribution in [0.5, 0.6) is 0 Å². The molecule has 1 amide bonds. The van der Waals surface area contributed by atoms with Crippen molar-refractivity contribution in [2.24, 2.45) is 5.92 Å². The summed E-state index contributed by atoms with van der Waals surface area (Å²) in [5, 5.41) is 0. The first kappa shape index (κ1) is 13.5. The van der Waals surface area contributed by atoms with Crippen LogP contribution in [0.3, 0.4) is 0 Å². The van der Waals surface area contributed by atoms with Crippen LogP contribution in [0.15, 0.2) is 41.0 Å².